The lowest BCUT2D eigenvalue weighted by molar-refractivity contribution is -0.147. The first-order chi connectivity index (χ1) is 8.45. The molecule has 0 spiro atoms. The molecule has 0 aliphatic carbocycles. The summed E-state index contributed by atoms with van der Waals surface area (Å²) in [5.41, 5.74) is 0. The molecule has 0 heterocycles. The second-order valence-electron chi connectivity index (χ2n) is 4.45. The van der Waals surface area contributed by atoms with Gasteiger partial charge in [-0.1, -0.05) is 26.2 Å². The van der Waals surface area contributed by atoms with Gasteiger partial charge in [0.2, 0.25) is 0 Å². The van der Waals surface area contributed by atoms with E-state index in [1.807, 2.05) is 6.92 Å². The third-order valence-electron chi connectivity index (χ3n) is 2.86. The minimum Gasteiger partial charge on any atom is -0.394 e. The molecule has 0 unspecified atom stereocenters. The Labute approximate surface area is 107 Å². The van der Waals surface area contributed by atoms with E-state index in [4.69, 9.17) is 10.2 Å². The molecule has 5 N–H and O–H groups in total. The van der Waals surface area contributed by atoms with Crippen LogP contribution in [0.1, 0.15) is 39.0 Å². The third kappa shape index (κ3) is 5.88. The fraction of sp³-hybridized carbons (Fsp3) is 0.917. The molecule has 0 aromatic heterocycles. The summed E-state index contributed by atoms with van der Waals surface area (Å²) in [5.74, 6) is -0.567. The fourth-order valence-corrected chi connectivity index (χ4v) is 1.59. The van der Waals surface area contributed by atoms with Gasteiger partial charge in [0.25, 0.3) is 0 Å². The van der Waals surface area contributed by atoms with Crippen LogP contribution in [0.3, 0.4) is 0 Å². The SMILES string of the molecule is CCCCCCC(=O)[C@H](O)[C@@H](O)[C@@H](O)[C@H](O)CO. The molecule has 0 radical (unpaired) electrons. The highest BCUT2D eigenvalue weighted by Gasteiger charge is 2.33. The standard InChI is InChI=1S/C12H24O6/c1-2-3-4-5-6-8(14)10(16)12(18)11(17)9(15)7-13/h9-13,15-18H,2-7H2,1H3/t9-,10+,11+,12-/m1/s1. The van der Waals surface area contributed by atoms with Crippen LogP contribution in [-0.2, 0) is 4.79 Å². The average Bonchev–Trinajstić information content (AvgIpc) is 2.39. The van der Waals surface area contributed by atoms with E-state index in [-0.39, 0.29) is 6.42 Å². The topological polar surface area (TPSA) is 118 Å². The van der Waals surface area contributed by atoms with Gasteiger partial charge >= 0.3 is 0 Å². The van der Waals surface area contributed by atoms with Crippen LogP contribution in [0.15, 0.2) is 0 Å². The van der Waals surface area contributed by atoms with E-state index in [0.29, 0.717) is 6.42 Å². The highest BCUT2D eigenvalue weighted by Crippen LogP contribution is 2.10. The Morgan fingerprint density at radius 1 is 1.00 bits per heavy atom. The van der Waals surface area contributed by atoms with Crippen LogP contribution in [0.5, 0.6) is 0 Å². The van der Waals surface area contributed by atoms with Crippen LogP contribution in [-0.4, -0.2) is 62.3 Å². The number of hydrogen-bond donors (Lipinski definition) is 5. The first kappa shape index (κ1) is 17.5. The van der Waals surface area contributed by atoms with Gasteiger partial charge in [0, 0.05) is 6.42 Å². The number of carbonyl (C=O) groups excluding carboxylic acids is 1. The Bertz CT molecular complexity index is 233. The van der Waals surface area contributed by atoms with Crippen molar-refractivity contribution in [1.29, 1.82) is 0 Å². The molecule has 6 heteroatoms. The van der Waals surface area contributed by atoms with Crippen LogP contribution in [0.25, 0.3) is 0 Å². The fourth-order valence-electron chi connectivity index (χ4n) is 1.59. The summed E-state index contributed by atoms with van der Waals surface area (Å²) in [4.78, 5) is 11.5. The molecule has 18 heavy (non-hydrogen) atoms. The van der Waals surface area contributed by atoms with Crippen molar-refractivity contribution >= 4 is 5.78 Å². The smallest absolute Gasteiger partial charge is 0.164 e. The van der Waals surface area contributed by atoms with Gasteiger partial charge in [-0.3, -0.25) is 4.79 Å². The average molecular weight is 264 g/mol. The van der Waals surface area contributed by atoms with Crippen LogP contribution in [0.4, 0.5) is 0 Å². The number of unbranched alkanes of at least 4 members (excludes halogenated alkanes) is 3. The first-order valence-corrected chi connectivity index (χ1v) is 6.31. The zero-order chi connectivity index (χ0) is 14.1. The number of ketones is 1. The molecule has 6 nitrogen and oxygen atoms in total. The molecule has 0 aromatic rings. The summed E-state index contributed by atoms with van der Waals surface area (Å²) in [5, 5.41) is 46.0. The maximum Gasteiger partial charge on any atom is 0.164 e. The van der Waals surface area contributed by atoms with E-state index in [2.05, 4.69) is 0 Å². The van der Waals surface area contributed by atoms with Crippen molar-refractivity contribution in [3.8, 4) is 0 Å². The predicted octanol–water partition coefficient (Wildman–Crippen LogP) is -1.04. The van der Waals surface area contributed by atoms with E-state index in [0.717, 1.165) is 19.3 Å². The van der Waals surface area contributed by atoms with Crippen molar-refractivity contribution in [1.82, 2.24) is 0 Å². The van der Waals surface area contributed by atoms with Crippen molar-refractivity contribution in [3.63, 3.8) is 0 Å². The van der Waals surface area contributed by atoms with E-state index < -0.39 is 36.8 Å². The van der Waals surface area contributed by atoms with Crippen molar-refractivity contribution in [2.45, 2.75) is 63.4 Å². The molecule has 0 bridgehead atoms. The number of hydrogen-bond acceptors (Lipinski definition) is 6. The van der Waals surface area contributed by atoms with Crippen molar-refractivity contribution in [2.75, 3.05) is 6.61 Å². The Morgan fingerprint density at radius 2 is 1.61 bits per heavy atom. The summed E-state index contributed by atoms with van der Waals surface area (Å²) >= 11 is 0. The second-order valence-corrected chi connectivity index (χ2v) is 4.45. The molecular weight excluding hydrogens is 240 g/mol. The predicted molar refractivity (Wildman–Crippen MR) is 64.9 cm³/mol. The summed E-state index contributed by atoms with van der Waals surface area (Å²) < 4.78 is 0. The summed E-state index contributed by atoms with van der Waals surface area (Å²) in [6, 6.07) is 0. The molecule has 0 aromatic carbocycles. The summed E-state index contributed by atoms with van der Waals surface area (Å²) in [6.45, 7) is 1.28. The Kier molecular flexibility index (Phi) is 9.13. The van der Waals surface area contributed by atoms with Crippen LogP contribution >= 0.6 is 0 Å². The van der Waals surface area contributed by atoms with E-state index in [1.165, 1.54) is 0 Å². The molecule has 0 saturated carbocycles. The number of carbonyl (C=O) groups is 1. The van der Waals surface area contributed by atoms with Gasteiger partial charge < -0.3 is 25.5 Å². The zero-order valence-electron chi connectivity index (χ0n) is 10.7. The van der Waals surface area contributed by atoms with Crippen LogP contribution in [0.2, 0.25) is 0 Å². The zero-order valence-corrected chi connectivity index (χ0v) is 10.7. The van der Waals surface area contributed by atoms with Crippen molar-refractivity contribution in [2.24, 2.45) is 0 Å². The quantitative estimate of drug-likeness (QED) is 0.322. The van der Waals surface area contributed by atoms with Gasteiger partial charge in [-0.15, -0.1) is 0 Å². The van der Waals surface area contributed by atoms with Gasteiger partial charge in [-0.2, -0.15) is 0 Å². The third-order valence-corrected chi connectivity index (χ3v) is 2.86. The second kappa shape index (κ2) is 9.41. The van der Waals surface area contributed by atoms with Gasteiger partial charge in [0.1, 0.15) is 24.4 Å². The summed E-state index contributed by atoms with van der Waals surface area (Å²) in [7, 11) is 0. The van der Waals surface area contributed by atoms with Crippen LogP contribution in [0, 0.1) is 0 Å². The lowest BCUT2D eigenvalue weighted by Gasteiger charge is -2.24. The minimum absolute atomic E-state index is 0.125. The van der Waals surface area contributed by atoms with Gasteiger partial charge in [-0.05, 0) is 6.42 Å². The summed E-state index contributed by atoms with van der Waals surface area (Å²) in [6.07, 6.45) is -3.21. The van der Waals surface area contributed by atoms with E-state index in [1.54, 1.807) is 0 Å². The highest BCUT2D eigenvalue weighted by molar-refractivity contribution is 5.83. The molecule has 0 rings (SSSR count). The van der Waals surface area contributed by atoms with E-state index >= 15 is 0 Å². The van der Waals surface area contributed by atoms with Gasteiger partial charge in [-0.25, -0.2) is 0 Å². The Hall–Kier alpha value is -0.530. The maximum absolute atomic E-state index is 11.5. The lowest BCUT2D eigenvalue weighted by atomic mass is 9.97. The van der Waals surface area contributed by atoms with Gasteiger partial charge in [0.15, 0.2) is 5.78 Å². The molecule has 108 valence electrons. The largest absolute Gasteiger partial charge is 0.394 e. The molecule has 4 atom stereocenters. The minimum atomic E-state index is -1.79. The Balaban J connectivity index is 4.11. The van der Waals surface area contributed by atoms with Gasteiger partial charge in [0.05, 0.1) is 6.61 Å². The van der Waals surface area contributed by atoms with E-state index in [9.17, 15) is 20.1 Å². The first-order valence-electron chi connectivity index (χ1n) is 6.31. The molecular formula is C12H24O6. The molecule has 0 saturated heterocycles. The molecule has 0 fully saturated rings. The number of aliphatic hydroxyl groups is 5. The maximum atomic E-state index is 11.5. The molecule has 0 aliphatic rings. The Morgan fingerprint density at radius 3 is 2.11 bits per heavy atom. The number of aliphatic hydroxyl groups excluding tert-OH is 5. The highest BCUT2D eigenvalue weighted by atomic mass is 16.4. The number of Topliss-reactive ketones (excluding diaryl/α,β-unsaturated/α-hetero) is 1. The normalized spacial score (nSPS) is 18.1. The van der Waals surface area contributed by atoms with Crippen LogP contribution < -0.4 is 0 Å². The lowest BCUT2D eigenvalue weighted by Crippen LogP contribution is -2.48. The van der Waals surface area contributed by atoms with Crippen molar-refractivity contribution in [3.05, 3.63) is 0 Å². The number of rotatable bonds is 10. The van der Waals surface area contributed by atoms with Crippen molar-refractivity contribution < 1.29 is 30.3 Å². The molecule has 0 amide bonds. The monoisotopic (exact) mass is 264 g/mol. The molecule has 0 aliphatic heterocycles.